The first-order chi connectivity index (χ1) is 14.2. The van der Waals surface area contributed by atoms with Gasteiger partial charge in [0.05, 0.1) is 13.5 Å². The monoisotopic (exact) mass is 401 g/mol. The molecule has 1 saturated heterocycles. The van der Waals surface area contributed by atoms with E-state index in [1.54, 1.807) is 6.20 Å². The van der Waals surface area contributed by atoms with Crippen molar-refractivity contribution in [1.82, 2.24) is 14.8 Å². The van der Waals surface area contributed by atoms with Crippen molar-refractivity contribution in [2.45, 2.75) is 70.4 Å². The highest BCUT2D eigenvalue weighted by atomic mass is 16.5. The Morgan fingerprint density at radius 3 is 2.72 bits per heavy atom. The number of hydrogen-bond donors (Lipinski definition) is 0. The number of nitrogens with zero attached hydrogens (tertiary/aromatic N) is 3. The number of aromatic nitrogens is 1. The van der Waals surface area contributed by atoms with Crippen LogP contribution in [0, 0.1) is 5.92 Å². The van der Waals surface area contributed by atoms with Gasteiger partial charge in [-0.2, -0.15) is 0 Å². The summed E-state index contributed by atoms with van der Waals surface area (Å²) in [5, 5.41) is 0. The first kappa shape index (κ1) is 21.8. The number of methoxy groups -OCH3 is 1. The molecule has 1 aromatic rings. The summed E-state index contributed by atoms with van der Waals surface area (Å²) in [5.74, 6) is 0.180. The van der Waals surface area contributed by atoms with Crippen molar-refractivity contribution in [3.8, 4) is 0 Å². The Bertz CT molecular complexity index is 646. The van der Waals surface area contributed by atoms with Gasteiger partial charge in [-0.05, 0) is 49.8 Å². The van der Waals surface area contributed by atoms with Crippen LogP contribution >= 0.6 is 0 Å². The summed E-state index contributed by atoms with van der Waals surface area (Å²) in [4.78, 5) is 33.2. The van der Waals surface area contributed by atoms with Gasteiger partial charge in [-0.15, -0.1) is 0 Å². The maximum Gasteiger partial charge on any atom is 0.306 e. The lowest BCUT2D eigenvalue weighted by Gasteiger charge is -2.41. The fraction of sp³-hybridized carbons (Fsp3) is 0.696. The quantitative estimate of drug-likeness (QED) is 0.625. The van der Waals surface area contributed by atoms with E-state index < -0.39 is 0 Å². The van der Waals surface area contributed by atoms with Gasteiger partial charge in [-0.3, -0.25) is 14.6 Å². The molecular weight excluding hydrogens is 366 g/mol. The fourth-order valence-electron chi connectivity index (χ4n) is 4.77. The van der Waals surface area contributed by atoms with E-state index in [2.05, 4.69) is 9.88 Å². The number of rotatable bonds is 8. The summed E-state index contributed by atoms with van der Waals surface area (Å²) in [6.07, 6.45) is 13.0. The molecule has 2 aliphatic rings. The molecule has 0 spiro atoms. The number of esters is 1. The van der Waals surface area contributed by atoms with Gasteiger partial charge in [0.15, 0.2) is 0 Å². The van der Waals surface area contributed by atoms with E-state index in [0.717, 1.165) is 31.1 Å². The lowest BCUT2D eigenvalue weighted by atomic mass is 9.90. The average Bonchev–Trinajstić information content (AvgIpc) is 2.78. The van der Waals surface area contributed by atoms with Gasteiger partial charge >= 0.3 is 5.97 Å². The van der Waals surface area contributed by atoms with Gasteiger partial charge in [-0.1, -0.05) is 25.3 Å². The van der Waals surface area contributed by atoms with Crippen molar-refractivity contribution in [1.29, 1.82) is 0 Å². The number of piperidine rings is 1. The molecule has 2 fully saturated rings. The lowest BCUT2D eigenvalue weighted by Crippen LogP contribution is -2.47. The number of ether oxygens (including phenoxy) is 1. The second-order valence-electron chi connectivity index (χ2n) is 8.51. The molecule has 6 heteroatoms. The molecule has 1 aliphatic carbocycles. The van der Waals surface area contributed by atoms with E-state index in [-0.39, 0.29) is 24.7 Å². The molecule has 2 heterocycles. The molecule has 0 radical (unpaired) electrons. The SMILES string of the molecule is COC(=O)CCC(=O)N(Cc1cccnc1)C[C@@H]1CCCN(C2CCCCC2)C1. The first-order valence-corrected chi connectivity index (χ1v) is 11.1. The molecule has 0 unspecified atom stereocenters. The third kappa shape index (κ3) is 6.81. The van der Waals surface area contributed by atoms with E-state index in [4.69, 9.17) is 4.74 Å². The molecule has 6 nitrogen and oxygen atoms in total. The maximum atomic E-state index is 12.9. The van der Waals surface area contributed by atoms with Gasteiger partial charge in [0, 0.05) is 44.5 Å². The van der Waals surface area contributed by atoms with Crippen LogP contribution in [-0.2, 0) is 20.9 Å². The Balaban J connectivity index is 1.61. The van der Waals surface area contributed by atoms with Crippen molar-refractivity contribution >= 4 is 11.9 Å². The van der Waals surface area contributed by atoms with E-state index in [1.807, 2.05) is 23.2 Å². The molecule has 1 aliphatic heterocycles. The fourth-order valence-corrected chi connectivity index (χ4v) is 4.77. The van der Waals surface area contributed by atoms with Gasteiger partial charge in [0.2, 0.25) is 5.91 Å². The smallest absolute Gasteiger partial charge is 0.306 e. The minimum Gasteiger partial charge on any atom is -0.469 e. The predicted octanol–water partition coefficient (Wildman–Crippen LogP) is 3.41. The molecule has 0 bridgehead atoms. The Morgan fingerprint density at radius 1 is 1.17 bits per heavy atom. The Kier molecular flexibility index (Phi) is 8.47. The van der Waals surface area contributed by atoms with Gasteiger partial charge < -0.3 is 14.5 Å². The topological polar surface area (TPSA) is 62.7 Å². The van der Waals surface area contributed by atoms with E-state index in [0.29, 0.717) is 12.5 Å². The summed E-state index contributed by atoms with van der Waals surface area (Å²) >= 11 is 0. The maximum absolute atomic E-state index is 12.9. The number of carbonyl (C=O) groups is 2. The largest absolute Gasteiger partial charge is 0.469 e. The number of amides is 1. The highest BCUT2D eigenvalue weighted by Crippen LogP contribution is 2.28. The van der Waals surface area contributed by atoms with Crippen molar-refractivity contribution < 1.29 is 14.3 Å². The number of hydrogen-bond acceptors (Lipinski definition) is 5. The zero-order valence-corrected chi connectivity index (χ0v) is 17.7. The number of carbonyl (C=O) groups excluding carboxylic acids is 2. The van der Waals surface area contributed by atoms with Crippen molar-refractivity contribution in [3.05, 3.63) is 30.1 Å². The third-order valence-corrected chi connectivity index (χ3v) is 6.34. The van der Waals surface area contributed by atoms with Gasteiger partial charge in [0.1, 0.15) is 0 Å². The van der Waals surface area contributed by atoms with E-state index >= 15 is 0 Å². The lowest BCUT2D eigenvalue weighted by molar-refractivity contribution is -0.144. The van der Waals surface area contributed by atoms with Crippen LogP contribution in [0.3, 0.4) is 0 Å². The van der Waals surface area contributed by atoms with Gasteiger partial charge in [-0.25, -0.2) is 0 Å². The highest BCUT2D eigenvalue weighted by molar-refractivity contribution is 5.81. The normalized spacial score (nSPS) is 20.9. The molecule has 1 atom stereocenters. The Hall–Kier alpha value is -1.95. The van der Waals surface area contributed by atoms with Crippen LogP contribution in [0.4, 0.5) is 0 Å². The van der Waals surface area contributed by atoms with Crippen LogP contribution in [0.5, 0.6) is 0 Å². The van der Waals surface area contributed by atoms with Crippen LogP contribution < -0.4 is 0 Å². The molecule has 1 amide bonds. The van der Waals surface area contributed by atoms with Crippen molar-refractivity contribution in [2.24, 2.45) is 5.92 Å². The number of pyridine rings is 1. The second-order valence-corrected chi connectivity index (χ2v) is 8.51. The minimum absolute atomic E-state index is 0.0223. The van der Waals surface area contributed by atoms with Crippen LogP contribution in [0.25, 0.3) is 0 Å². The molecule has 1 aromatic heterocycles. The summed E-state index contributed by atoms with van der Waals surface area (Å²) in [6, 6.07) is 4.63. The molecule has 3 rings (SSSR count). The first-order valence-electron chi connectivity index (χ1n) is 11.1. The Morgan fingerprint density at radius 2 is 2.00 bits per heavy atom. The zero-order chi connectivity index (χ0) is 20.5. The van der Waals surface area contributed by atoms with Crippen LogP contribution in [-0.4, -0.2) is 59.4 Å². The molecule has 0 aromatic carbocycles. The van der Waals surface area contributed by atoms with Gasteiger partial charge in [0.25, 0.3) is 0 Å². The summed E-state index contributed by atoms with van der Waals surface area (Å²) in [5.41, 5.74) is 1.03. The molecule has 0 N–H and O–H groups in total. The Labute approximate surface area is 174 Å². The number of likely N-dealkylation sites (tertiary alicyclic amines) is 1. The van der Waals surface area contributed by atoms with Crippen LogP contribution in [0.15, 0.2) is 24.5 Å². The minimum atomic E-state index is -0.333. The van der Waals surface area contributed by atoms with Crippen molar-refractivity contribution in [2.75, 3.05) is 26.7 Å². The highest BCUT2D eigenvalue weighted by Gasteiger charge is 2.29. The molecule has 29 heavy (non-hydrogen) atoms. The predicted molar refractivity (Wildman–Crippen MR) is 112 cm³/mol. The summed E-state index contributed by atoms with van der Waals surface area (Å²) in [7, 11) is 1.36. The summed E-state index contributed by atoms with van der Waals surface area (Å²) in [6.45, 7) is 3.57. The second kappa shape index (κ2) is 11.3. The standard InChI is InChI=1S/C23H35N3O3/c1-29-23(28)12-11-22(27)26(16-19-7-5-13-24-15-19)18-20-8-6-14-25(17-20)21-9-3-2-4-10-21/h5,7,13,15,20-21H,2-4,6,8-12,14,16-18H2,1H3/t20-/m1/s1. The van der Waals surface area contributed by atoms with Crippen molar-refractivity contribution in [3.63, 3.8) is 0 Å². The van der Waals surface area contributed by atoms with Crippen LogP contribution in [0.1, 0.15) is 63.4 Å². The zero-order valence-electron chi connectivity index (χ0n) is 17.7. The van der Waals surface area contributed by atoms with Crippen LogP contribution in [0.2, 0.25) is 0 Å². The third-order valence-electron chi connectivity index (χ3n) is 6.34. The van der Waals surface area contributed by atoms with E-state index in [9.17, 15) is 9.59 Å². The van der Waals surface area contributed by atoms with E-state index in [1.165, 1.54) is 52.2 Å². The molecule has 160 valence electrons. The molecule has 1 saturated carbocycles. The summed E-state index contributed by atoms with van der Waals surface area (Å²) < 4.78 is 4.70. The average molecular weight is 402 g/mol. The molecular formula is C23H35N3O3.